The number of nitrogens with one attached hydrogen (secondary N) is 1. The third kappa shape index (κ3) is 5.09. The molecule has 0 bridgehead atoms. The summed E-state index contributed by atoms with van der Waals surface area (Å²) in [6, 6.07) is 9.35. The van der Waals surface area contributed by atoms with Crippen LogP contribution in [0, 0.1) is 11.8 Å². The maximum atomic E-state index is 3.72. The van der Waals surface area contributed by atoms with Gasteiger partial charge in [0.15, 0.2) is 0 Å². The summed E-state index contributed by atoms with van der Waals surface area (Å²) in [6.07, 6.45) is 5.65. The van der Waals surface area contributed by atoms with Crippen LogP contribution in [0.5, 0.6) is 0 Å². The van der Waals surface area contributed by atoms with E-state index in [2.05, 4.69) is 59.4 Å². The van der Waals surface area contributed by atoms with Crippen molar-refractivity contribution in [3.05, 3.63) is 28.7 Å². The van der Waals surface area contributed by atoms with E-state index in [9.17, 15) is 0 Å². The maximum absolute atomic E-state index is 3.72. The minimum atomic E-state index is 0.663. The lowest BCUT2D eigenvalue weighted by Gasteiger charge is -2.33. The predicted octanol–water partition coefficient (Wildman–Crippen LogP) is 5.35. The van der Waals surface area contributed by atoms with Crippen LogP contribution in [0.4, 0.5) is 0 Å². The first kappa shape index (κ1) is 16.4. The van der Waals surface area contributed by atoms with Crippen LogP contribution in [-0.4, -0.2) is 18.3 Å². The lowest BCUT2D eigenvalue weighted by Crippen LogP contribution is -2.40. The lowest BCUT2D eigenvalue weighted by molar-refractivity contribution is 0.235. The van der Waals surface area contributed by atoms with Crippen molar-refractivity contribution >= 4 is 27.7 Å². The molecule has 1 aliphatic rings. The van der Waals surface area contributed by atoms with Crippen molar-refractivity contribution in [3.63, 3.8) is 0 Å². The van der Waals surface area contributed by atoms with E-state index in [0.29, 0.717) is 6.04 Å². The van der Waals surface area contributed by atoms with Crippen molar-refractivity contribution in [1.82, 2.24) is 5.32 Å². The smallest absolute Gasteiger partial charge is 0.0189 e. The summed E-state index contributed by atoms with van der Waals surface area (Å²) in [5.41, 5.74) is 0. The zero-order valence-electron chi connectivity index (χ0n) is 12.6. The number of thioether (sulfide) groups is 1. The van der Waals surface area contributed by atoms with Gasteiger partial charge in [0.2, 0.25) is 0 Å². The van der Waals surface area contributed by atoms with E-state index in [1.165, 1.54) is 36.3 Å². The summed E-state index contributed by atoms with van der Waals surface area (Å²) in [6.45, 7) is 5.72. The molecule has 0 heterocycles. The summed E-state index contributed by atoms with van der Waals surface area (Å²) in [5, 5.41) is 3.72. The molecule has 20 heavy (non-hydrogen) atoms. The fourth-order valence-electron chi connectivity index (χ4n) is 3.19. The van der Waals surface area contributed by atoms with Crippen LogP contribution in [-0.2, 0) is 0 Å². The van der Waals surface area contributed by atoms with Gasteiger partial charge in [-0.15, -0.1) is 11.8 Å². The average Bonchev–Trinajstić information content (AvgIpc) is 2.45. The molecule has 1 fully saturated rings. The zero-order chi connectivity index (χ0) is 14.4. The van der Waals surface area contributed by atoms with Gasteiger partial charge in [0, 0.05) is 21.2 Å². The monoisotopic (exact) mass is 355 g/mol. The van der Waals surface area contributed by atoms with E-state index < -0.39 is 0 Å². The molecule has 0 aromatic heterocycles. The molecule has 1 aromatic carbocycles. The van der Waals surface area contributed by atoms with Crippen LogP contribution >= 0.6 is 27.7 Å². The quantitative estimate of drug-likeness (QED) is 0.690. The molecule has 1 N–H and O–H groups in total. The van der Waals surface area contributed by atoms with Gasteiger partial charge in [0.05, 0.1) is 0 Å². The van der Waals surface area contributed by atoms with Crippen molar-refractivity contribution in [2.24, 2.45) is 11.8 Å². The van der Waals surface area contributed by atoms with Crippen LogP contribution in [0.1, 0.15) is 39.5 Å². The van der Waals surface area contributed by atoms with Crippen molar-refractivity contribution in [1.29, 1.82) is 0 Å². The Labute approximate surface area is 136 Å². The minimum Gasteiger partial charge on any atom is -0.313 e. The second-order valence-corrected chi connectivity index (χ2v) is 7.97. The number of benzene rings is 1. The molecule has 1 aromatic rings. The summed E-state index contributed by atoms with van der Waals surface area (Å²) >= 11 is 5.49. The van der Waals surface area contributed by atoms with Gasteiger partial charge in [-0.2, -0.15) is 0 Å². The van der Waals surface area contributed by atoms with Gasteiger partial charge >= 0.3 is 0 Å². The highest BCUT2D eigenvalue weighted by Crippen LogP contribution is 2.33. The molecule has 0 saturated heterocycles. The van der Waals surface area contributed by atoms with Crippen LogP contribution in [0.15, 0.2) is 33.6 Å². The van der Waals surface area contributed by atoms with Gasteiger partial charge in [-0.1, -0.05) is 42.6 Å². The highest BCUT2D eigenvalue weighted by molar-refractivity contribution is 9.10. The van der Waals surface area contributed by atoms with Crippen LogP contribution in [0.3, 0.4) is 0 Å². The molecule has 0 aliphatic heterocycles. The first-order valence-corrected chi connectivity index (χ1v) is 9.58. The Morgan fingerprint density at radius 1 is 1.30 bits per heavy atom. The highest BCUT2D eigenvalue weighted by Gasteiger charge is 2.26. The number of hydrogen-bond acceptors (Lipinski definition) is 2. The largest absolute Gasteiger partial charge is 0.313 e. The van der Waals surface area contributed by atoms with E-state index in [-0.39, 0.29) is 0 Å². The van der Waals surface area contributed by atoms with Crippen LogP contribution < -0.4 is 5.32 Å². The zero-order valence-corrected chi connectivity index (χ0v) is 15.0. The van der Waals surface area contributed by atoms with Crippen molar-refractivity contribution in [3.8, 4) is 0 Å². The minimum absolute atomic E-state index is 0.663. The van der Waals surface area contributed by atoms with Crippen molar-refractivity contribution in [2.45, 2.75) is 50.5 Å². The Morgan fingerprint density at radius 3 is 2.70 bits per heavy atom. The highest BCUT2D eigenvalue weighted by atomic mass is 79.9. The van der Waals surface area contributed by atoms with Gasteiger partial charge in [-0.3, -0.25) is 0 Å². The van der Waals surface area contributed by atoms with Gasteiger partial charge in [-0.25, -0.2) is 0 Å². The maximum Gasteiger partial charge on any atom is 0.0189 e. The molecule has 0 radical (unpaired) electrons. The molecular weight excluding hydrogens is 330 g/mol. The van der Waals surface area contributed by atoms with Gasteiger partial charge in [0.1, 0.15) is 0 Å². The molecule has 2 rings (SSSR count). The standard InChI is InChI=1S/C17H26BrNS/c1-3-19-17(14-6-4-5-13(2)11-14)12-20-16-9-7-15(18)8-10-16/h7-10,13-14,17,19H,3-6,11-12H2,1-2H3. The molecule has 1 saturated carbocycles. The molecule has 3 unspecified atom stereocenters. The van der Waals surface area contributed by atoms with Gasteiger partial charge < -0.3 is 5.32 Å². The summed E-state index contributed by atoms with van der Waals surface area (Å²) < 4.78 is 1.16. The topological polar surface area (TPSA) is 12.0 Å². The molecule has 3 atom stereocenters. The SMILES string of the molecule is CCNC(CSc1ccc(Br)cc1)C1CCCC(C)C1. The Kier molecular flexibility index (Phi) is 6.92. The van der Waals surface area contributed by atoms with E-state index in [4.69, 9.17) is 0 Å². The normalized spacial score (nSPS) is 24.6. The third-order valence-corrected chi connectivity index (χ3v) is 5.92. The van der Waals surface area contributed by atoms with E-state index in [1.807, 2.05) is 11.8 Å². The second kappa shape index (κ2) is 8.45. The summed E-state index contributed by atoms with van der Waals surface area (Å²) in [4.78, 5) is 1.37. The fraction of sp³-hybridized carbons (Fsp3) is 0.647. The summed E-state index contributed by atoms with van der Waals surface area (Å²) in [7, 11) is 0. The fourth-order valence-corrected chi connectivity index (χ4v) is 4.54. The van der Waals surface area contributed by atoms with E-state index >= 15 is 0 Å². The Balaban J connectivity index is 1.89. The number of rotatable bonds is 6. The average molecular weight is 356 g/mol. The molecular formula is C17H26BrNS. The number of halogens is 1. The lowest BCUT2D eigenvalue weighted by atomic mass is 9.79. The predicted molar refractivity (Wildman–Crippen MR) is 93.5 cm³/mol. The molecule has 0 amide bonds. The van der Waals surface area contributed by atoms with Crippen LogP contribution in [0.25, 0.3) is 0 Å². The number of hydrogen-bond donors (Lipinski definition) is 1. The Hall–Kier alpha value is 0.01000. The molecule has 1 nitrogen and oxygen atoms in total. The molecule has 3 heteroatoms. The third-order valence-electron chi connectivity index (χ3n) is 4.26. The first-order chi connectivity index (χ1) is 9.69. The van der Waals surface area contributed by atoms with Crippen molar-refractivity contribution < 1.29 is 0 Å². The Morgan fingerprint density at radius 2 is 2.05 bits per heavy atom. The van der Waals surface area contributed by atoms with E-state index in [0.717, 1.165) is 22.9 Å². The second-order valence-electron chi connectivity index (χ2n) is 5.96. The van der Waals surface area contributed by atoms with E-state index in [1.54, 1.807) is 0 Å². The summed E-state index contributed by atoms with van der Waals surface area (Å²) in [5.74, 6) is 2.96. The van der Waals surface area contributed by atoms with Crippen molar-refractivity contribution in [2.75, 3.05) is 12.3 Å². The molecule has 0 spiro atoms. The molecule has 1 aliphatic carbocycles. The molecule has 112 valence electrons. The van der Waals surface area contributed by atoms with Gasteiger partial charge in [0.25, 0.3) is 0 Å². The van der Waals surface area contributed by atoms with Crippen LogP contribution in [0.2, 0.25) is 0 Å². The Bertz CT molecular complexity index is 392. The van der Waals surface area contributed by atoms with Gasteiger partial charge in [-0.05, 0) is 55.5 Å². The first-order valence-electron chi connectivity index (χ1n) is 7.80.